The van der Waals surface area contributed by atoms with Crippen LogP contribution in [0.15, 0.2) is 23.0 Å². The highest BCUT2D eigenvalue weighted by molar-refractivity contribution is 7.71. The Balaban J connectivity index is 1.71. The van der Waals surface area contributed by atoms with Crippen molar-refractivity contribution in [3.63, 3.8) is 0 Å². The van der Waals surface area contributed by atoms with Crippen molar-refractivity contribution < 1.29 is 4.79 Å². The van der Waals surface area contributed by atoms with Gasteiger partial charge in [0.2, 0.25) is 0 Å². The molecule has 1 aromatic heterocycles. The van der Waals surface area contributed by atoms with Crippen molar-refractivity contribution in [3.05, 3.63) is 38.9 Å². The molecule has 138 valence electrons. The van der Waals surface area contributed by atoms with E-state index >= 15 is 0 Å². The van der Waals surface area contributed by atoms with Crippen molar-refractivity contribution in [2.24, 2.45) is 18.9 Å². The second-order valence-corrected chi connectivity index (χ2v) is 8.22. The SMILES string of the molecule is C[C@@H]1CCN(C(=O)c2ccc3c(=O)n(C)c(=S)[nH]c3c2)[C@@H]2CCCC[C@H]12. The van der Waals surface area contributed by atoms with E-state index in [9.17, 15) is 9.59 Å². The lowest BCUT2D eigenvalue weighted by atomic mass is 9.72. The lowest BCUT2D eigenvalue weighted by Crippen LogP contribution is -2.52. The summed E-state index contributed by atoms with van der Waals surface area (Å²) in [6.45, 7) is 3.16. The van der Waals surface area contributed by atoms with E-state index in [0.717, 1.165) is 19.4 Å². The number of carbonyl (C=O) groups excluding carboxylic acids is 1. The molecule has 1 aliphatic carbocycles. The molecule has 0 spiro atoms. The average Bonchev–Trinajstić information content (AvgIpc) is 2.66. The predicted octanol–water partition coefficient (Wildman–Crippen LogP) is 3.64. The van der Waals surface area contributed by atoms with E-state index in [1.54, 1.807) is 25.2 Å². The number of hydrogen-bond acceptors (Lipinski definition) is 3. The van der Waals surface area contributed by atoms with E-state index < -0.39 is 0 Å². The number of hydrogen-bond donors (Lipinski definition) is 1. The first-order valence-corrected chi connectivity index (χ1v) is 9.92. The maximum absolute atomic E-state index is 13.2. The molecular weight excluding hydrogens is 346 g/mol. The largest absolute Gasteiger partial charge is 0.335 e. The third-order valence-corrected chi connectivity index (χ3v) is 6.72. The number of fused-ring (bicyclic) bond motifs is 2. The first-order valence-electron chi connectivity index (χ1n) is 9.51. The van der Waals surface area contributed by atoms with Crippen LogP contribution in [0.4, 0.5) is 0 Å². The fraction of sp³-hybridized carbons (Fsp3) is 0.550. The third kappa shape index (κ3) is 2.80. The Hall–Kier alpha value is -1.95. The molecule has 2 aromatic rings. The number of likely N-dealkylation sites (tertiary alicyclic amines) is 1. The van der Waals surface area contributed by atoms with Crippen LogP contribution in [0.3, 0.4) is 0 Å². The zero-order chi connectivity index (χ0) is 18.4. The van der Waals surface area contributed by atoms with Crippen LogP contribution < -0.4 is 5.56 Å². The highest BCUT2D eigenvalue weighted by atomic mass is 32.1. The maximum Gasteiger partial charge on any atom is 0.261 e. The third-order valence-electron chi connectivity index (χ3n) is 6.35. The summed E-state index contributed by atoms with van der Waals surface area (Å²) in [5.74, 6) is 1.40. The molecule has 2 aliphatic rings. The molecule has 5 nitrogen and oxygen atoms in total. The number of aromatic nitrogens is 2. The van der Waals surface area contributed by atoms with Crippen molar-refractivity contribution in [1.82, 2.24) is 14.5 Å². The molecule has 0 bridgehead atoms. The van der Waals surface area contributed by atoms with Gasteiger partial charge < -0.3 is 9.88 Å². The number of amides is 1. The molecule has 26 heavy (non-hydrogen) atoms. The summed E-state index contributed by atoms with van der Waals surface area (Å²) >= 11 is 5.20. The van der Waals surface area contributed by atoms with Gasteiger partial charge in [-0.05, 0) is 61.5 Å². The Kier molecular flexibility index (Phi) is 4.47. The second kappa shape index (κ2) is 6.65. The quantitative estimate of drug-likeness (QED) is 0.779. The van der Waals surface area contributed by atoms with Crippen LogP contribution in [-0.2, 0) is 7.05 Å². The highest BCUT2D eigenvalue weighted by Crippen LogP contribution is 2.39. The summed E-state index contributed by atoms with van der Waals surface area (Å²) in [4.78, 5) is 30.7. The molecule has 2 heterocycles. The lowest BCUT2D eigenvalue weighted by molar-refractivity contribution is 0.0218. The zero-order valence-corrected chi connectivity index (χ0v) is 16.1. The van der Waals surface area contributed by atoms with Crippen molar-refractivity contribution in [1.29, 1.82) is 0 Å². The Labute approximate surface area is 158 Å². The number of aromatic amines is 1. The Morgan fingerprint density at radius 3 is 2.81 bits per heavy atom. The van der Waals surface area contributed by atoms with Gasteiger partial charge in [0.25, 0.3) is 11.5 Å². The first kappa shape index (κ1) is 17.5. The van der Waals surface area contributed by atoms with Gasteiger partial charge in [0.05, 0.1) is 10.9 Å². The molecule has 2 fully saturated rings. The number of benzene rings is 1. The zero-order valence-electron chi connectivity index (χ0n) is 15.3. The summed E-state index contributed by atoms with van der Waals surface area (Å²) in [6, 6.07) is 5.66. The van der Waals surface area contributed by atoms with Crippen LogP contribution in [0.2, 0.25) is 0 Å². The van der Waals surface area contributed by atoms with Gasteiger partial charge in [0, 0.05) is 25.2 Å². The molecule has 1 amide bonds. The van der Waals surface area contributed by atoms with E-state index in [2.05, 4.69) is 16.8 Å². The number of rotatable bonds is 1. The number of piperidine rings is 1. The van der Waals surface area contributed by atoms with Crippen LogP contribution in [0.1, 0.15) is 49.4 Å². The van der Waals surface area contributed by atoms with Gasteiger partial charge in [0.15, 0.2) is 4.77 Å². The molecule has 3 atom stereocenters. The molecule has 0 radical (unpaired) electrons. The van der Waals surface area contributed by atoms with Crippen LogP contribution >= 0.6 is 12.2 Å². The monoisotopic (exact) mass is 371 g/mol. The van der Waals surface area contributed by atoms with Gasteiger partial charge in [-0.15, -0.1) is 0 Å². The van der Waals surface area contributed by atoms with Crippen LogP contribution in [0.25, 0.3) is 10.9 Å². The van der Waals surface area contributed by atoms with E-state index in [-0.39, 0.29) is 11.5 Å². The van der Waals surface area contributed by atoms with Gasteiger partial charge in [-0.1, -0.05) is 19.8 Å². The molecule has 1 aromatic carbocycles. The fourth-order valence-corrected chi connectivity index (χ4v) is 4.96. The molecule has 1 aliphatic heterocycles. The summed E-state index contributed by atoms with van der Waals surface area (Å²) in [6.07, 6.45) is 5.90. The van der Waals surface area contributed by atoms with E-state index in [0.29, 0.717) is 39.1 Å². The topological polar surface area (TPSA) is 58.1 Å². The smallest absolute Gasteiger partial charge is 0.261 e. The minimum Gasteiger partial charge on any atom is -0.335 e. The van der Waals surface area contributed by atoms with E-state index in [1.807, 2.05) is 0 Å². The molecule has 1 N–H and O–H groups in total. The number of nitrogens with one attached hydrogen (secondary N) is 1. The predicted molar refractivity (Wildman–Crippen MR) is 105 cm³/mol. The Bertz CT molecular complexity index is 977. The number of carbonyl (C=O) groups is 1. The van der Waals surface area contributed by atoms with Crippen LogP contribution in [0.5, 0.6) is 0 Å². The Morgan fingerprint density at radius 1 is 1.23 bits per heavy atom. The molecule has 6 heteroatoms. The van der Waals surface area contributed by atoms with Crippen LogP contribution in [0, 0.1) is 16.6 Å². The van der Waals surface area contributed by atoms with Crippen LogP contribution in [-0.4, -0.2) is 32.9 Å². The highest BCUT2D eigenvalue weighted by Gasteiger charge is 2.39. The molecule has 0 unspecified atom stereocenters. The lowest BCUT2D eigenvalue weighted by Gasteiger charge is -2.47. The summed E-state index contributed by atoms with van der Waals surface area (Å²) < 4.78 is 1.78. The standard InChI is InChI=1S/C20H25N3O2S/c1-12-9-10-23(17-6-4-3-5-14(12)17)18(24)13-7-8-15-16(11-13)21-20(26)22(2)19(15)25/h7-8,11-12,14,17H,3-6,9-10H2,1-2H3,(H,21,26)/t12-,14-,17-/m1/s1. The van der Waals surface area contributed by atoms with Gasteiger partial charge in [-0.25, -0.2) is 0 Å². The van der Waals surface area contributed by atoms with Crippen molar-refractivity contribution >= 4 is 29.0 Å². The summed E-state index contributed by atoms with van der Waals surface area (Å²) in [7, 11) is 1.65. The normalized spacial score (nSPS) is 25.9. The van der Waals surface area contributed by atoms with Gasteiger partial charge in [-0.2, -0.15) is 0 Å². The first-order chi connectivity index (χ1) is 12.5. The molecular formula is C20H25N3O2S. The van der Waals surface area contributed by atoms with Gasteiger partial charge in [-0.3, -0.25) is 14.2 Å². The van der Waals surface area contributed by atoms with Gasteiger partial charge in [0.1, 0.15) is 0 Å². The molecule has 1 saturated heterocycles. The van der Waals surface area contributed by atoms with Gasteiger partial charge >= 0.3 is 0 Å². The minimum atomic E-state index is -0.137. The molecule has 4 rings (SSSR count). The number of nitrogens with zero attached hydrogens (tertiary/aromatic N) is 2. The van der Waals surface area contributed by atoms with Crippen molar-refractivity contribution in [3.8, 4) is 0 Å². The number of H-pyrrole nitrogens is 1. The summed E-state index contributed by atoms with van der Waals surface area (Å²) in [5.41, 5.74) is 1.13. The molecule has 1 saturated carbocycles. The maximum atomic E-state index is 13.2. The summed E-state index contributed by atoms with van der Waals surface area (Å²) in [5, 5.41) is 0.556. The average molecular weight is 372 g/mol. The van der Waals surface area contributed by atoms with Crippen molar-refractivity contribution in [2.75, 3.05) is 6.54 Å². The fourth-order valence-electron chi connectivity index (χ4n) is 4.77. The van der Waals surface area contributed by atoms with Crippen molar-refractivity contribution in [2.45, 2.75) is 45.1 Å². The van der Waals surface area contributed by atoms with E-state index in [4.69, 9.17) is 12.2 Å². The van der Waals surface area contributed by atoms with E-state index in [1.165, 1.54) is 23.8 Å². The Morgan fingerprint density at radius 2 is 2.00 bits per heavy atom. The minimum absolute atomic E-state index is 0.0793. The second-order valence-electron chi connectivity index (χ2n) is 7.83.